The molecule has 1 N–H and O–H groups in total. The van der Waals surface area contributed by atoms with Crippen LogP contribution in [0.1, 0.15) is 13.3 Å². The standard InChI is InChI=1S/C6H13N/c1-5-3-6(5)4-7-2/h5-7H,3-4H2,1-2H3/t5-,6-/m0/s1. The van der Waals surface area contributed by atoms with E-state index in [9.17, 15) is 0 Å². The summed E-state index contributed by atoms with van der Waals surface area (Å²) in [5, 5.41) is 3.16. The molecule has 0 heterocycles. The number of hydrogen-bond acceptors (Lipinski definition) is 1. The van der Waals surface area contributed by atoms with E-state index in [-0.39, 0.29) is 0 Å². The van der Waals surface area contributed by atoms with Crippen molar-refractivity contribution in [2.75, 3.05) is 13.6 Å². The van der Waals surface area contributed by atoms with Crippen LogP contribution in [0.5, 0.6) is 0 Å². The Bertz CT molecular complexity index is 61.2. The van der Waals surface area contributed by atoms with E-state index in [0.29, 0.717) is 0 Å². The van der Waals surface area contributed by atoms with Crippen molar-refractivity contribution in [1.82, 2.24) is 5.32 Å². The van der Waals surface area contributed by atoms with E-state index in [2.05, 4.69) is 12.2 Å². The highest BCUT2D eigenvalue weighted by atomic mass is 14.8. The maximum Gasteiger partial charge on any atom is -0.00209 e. The molecule has 2 atom stereocenters. The molecular formula is C6H13N. The van der Waals surface area contributed by atoms with E-state index >= 15 is 0 Å². The second kappa shape index (κ2) is 1.83. The molecule has 0 aromatic heterocycles. The van der Waals surface area contributed by atoms with Gasteiger partial charge in [-0.1, -0.05) is 6.92 Å². The number of rotatable bonds is 2. The number of hydrogen-bond donors (Lipinski definition) is 1. The predicted molar refractivity (Wildman–Crippen MR) is 31.2 cm³/mol. The average Bonchev–Trinajstić information content (AvgIpc) is 2.22. The number of nitrogens with one attached hydrogen (secondary N) is 1. The van der Waals surface area contributed by atoms with Crippen LogP contribution in [-0.2, 0) is 0 Å². The molecule has 1 nitrogen and oxygen atoms in total. The summed E-state index contributed by atoms with van der Waals surface area (Å²) < 4.78 is 0. The van der Waals surface area contributed by atoms with Gasteiger partial charge in [-0.3, -0.25) is 0 Å². The Balaban J connectivity index is 1.98. The van der Waals surface area contributed by atoms with E-state index in [1.807, 2.05) is 7.05 Å². The Morgan fingerprint density at radius 2 is 2.29 bits per heavy atom. The Morgan fingerprint density at radius 1 is 1.71 bits per heavy atom. The molecule has 0 bridgehead atoms. The van der Waals surface area contributed by atoms with Crippen molar-refractivity contribution in [3.63, 3.8) is 0 Å². The van der Waals surface area contributed by atoms with Crippen molar-refractivity contribution < 1.29 is 0 Å². The van der Waals surface area contributed by atoms with Crippen LogP contribution in [0.2, 0.25) is 0 Å². The highest BCUT2D eigenvalue weighted by Crippen LogP contribution is 2.36. The van der Waals surface area contributed by atoms with Crippen LogP contribution in [0.4, 0.5) is 0 Å². The summed E-state index contributed by atoms with van der Waals surface area (Å²) in [6.07, 6.45) is 1.45. The lowest BCUT2D eigenvalue weighted by Crippen LogP contribution is -2.09. The van der Waals surface area contributed by atoms with Gasteiger partial charge in [-0.25, -0.2) is 0 Å². The van der Waals surface area contributed by atoms with Gasteiger partial charge in [-0.05, 0) is 31.8 Å². The van der Waals surface area contributed by atoms with Gasteiger partial charge in [0.2, 0.25) is 0 Å². The minimum atomic E-state index is 1.00. The van der Waals surface area contributed by atoms with Crippen molar-refractivity contribution in [1.29, 1.82) is 0 Å². The van der Waals surface area contributed by atoms with Crippen LogP contribution in [-0.4, -0.2) is 13.6 Å². The smallest absolute Gasteiger partial charge is 0.00209 e. The maximum atomic E-state index is 3.16. The van der Waals surface area contributed by atoms with Gasteiger partial charge >= 0.3 is 0 Å². The zero-order valence-corrected chi connectivity index (χ0v) is 5.07. The molecule has 42 valence electrons. The summed E-state index contributed by atoms with van der Waals surface area (Å²) in [5.41, 5.74) is 0. The van der Waals surface area contributed by atoms with Gasteiger partial charge in [0.1, 0.15) is 0 Å². The van der Waals surface area contributed by atoms with Crippen LogP contribution in [0.25, 0.3) is 0 Å². The van der Waals surface area contributed by atoms with Gasteiger partial charge in [-0.2, -0.15) is 0 Å². The second-order valence-corrected chi connectivity index (χ2v) is 2.53. The van der Waals surface area contributed by atoms with Crippen LogP contribution in [0, 0.1) is 11.8 Å². The molecule has 0 aromatic rings. The lowest BCUT2D eigenvalue weighted by atomic mass is 10.3. The van der Waals surface area contributed by atoms with Crippen LogP contribution < -0.4 is 5.32 Å². The minimum absolute atomic E-state index is 1.00. The Hall–Kier alpha value is -0.0400. The molecule has 1 aliphatic carbocycles. The third-order valence-corrected chi connectivity index (χ3v) is 1.74. The second-order valence-electron chi connectivity index (χ2n) is 2.53. The first-order valence-electron chi connectivity index (χ1n) is 2.99. The highest BCUT2D eigenvalue weighted by Gasteiger charge is 2.30. The zero-order valence-electron chi connectivity index (χ0n) is 5.07. The highest BCUT2D eigenvalue weighted by molar-refractivity contribution is 4.83. The van der Waals surface area contributed by atoms with Crippen LogP contribution in [0.15, 0.2) is 0 Å². The van der Waals surface area contributed by atoms with E-state index in [0.717, 1.165) is 11.8 Å². The molecule has 0 aromatic carbocycles. The van der Waals surface area contributed by atoms with Gasteiger partial charge in [0.25, 0.3) is 0 Å². The Kier molecular flexibility index (Phi) is 1.33. The maximum absolute atomic E-state index is 3.16. The van der Waals surface area contributed by atoms with Crippen molar-refractivity contribution in [2.24, 2.45) is 11.8 Å². The van der Waals surface area contributed by atoms with Gasteiger partial charge in [0, 0.05) is 0 Å². The third kappa shape index (κ3) is 1.16. The Labute approximate surface area is 45.1 Å². The molecular weight excluding hydrogens is 86.1 g/mol. The summed E-state index contributed by atoms with van der Waals surface area (Å²) in [5.74, 6) is 2.01. The lowest BCUT2D eigenvalue weighted by molar-refractivity contribution is 0.672. The van der Waals surface area contributed by atoms with Crippen LogP contribution in [0.3, 0.4) is 0 Å². The molecule has 0 unspecified atom stereocenters. The third-order valence-electron chi connectivity index (χ3n) is 1.74. The molecule has 0 amide bonds. The molecule has 0 aliphatic heterocycles. The van der Waals surface area contributed by atoms with Gasteiger partial charge in [-0.15, -0.1) is 0 Å². The summed E-state index contributed by atoms with van der Waals surface area (Å²) in [4.78, 5) is 0. The fourth-order valence-electron chi connectivity index (χ4n) is 0.946. The summed E-state index contributed by atoms with van der Waals surface area (Å²) >= 11 is 0. The molecule has 0 saturated heterocycles. The lowest BCUT2D eigenvalue weighted by Gasteiger charge is -1.90. The molecule has 1 heteroatoms. The zero-order chi connectivity index (χ0) is 5.28. The summed E-state index contributed by atoms with van der Waals surface area (Å²) in [6, 6.07) is 0. The molecule has 7 heavy (non-hydrogen) atoms. The van der Waals surface area contributed by atoms with Crippen LogP contribution >= 0.6 is 0 Å². The molecule has 1 rings (SSSR count). The van der Waals surface area contributed by atoms with Crippen molar-refractivity contribution in [3.05, 3.63) is 0 Å². The monoisotopic (exact) mass is 99.1 g/mol. The largest absolute Gasteiger partial charge is 0.319 e. The predicted octanol–water partition coefficient (Wildman–Crippen LogP) is 0.862. The fourth-order valence-corrected chi connectivity index (χ4v) is 0.946. The minimum Gasteiger partial charge on any atom is -0.319 e. The summed E-state index contributed by atoms with van der Waals surface area (Å²) in [6.45, 7) is 3.53. The first-order valence-corrected chi connectivity index (χ1v) is 2.99. The van der Waals surface area contributed by atoms with E-state index in [4.69, 9.17) is 0 Å². The van der Waals surface area contributed by atoms with Crippen molar-refractivity contribution in [2.45, 2.75) is 13.3 Å². The first-order chi connectivity index (χ1) is 3.34. The molecule has 0 spiro atoms. The SMILES string of the molecule is CNC[C@@H]1C[C@@H]1C. The molecule has 0 radical (unpaired) electrons. The normalized spacial score (nSPS) is 38.6. The topological polar surface area (TPSA) is 12.0 Å². The quantitative estimate of drug-likeness (QED) is 0.541. The Morgan fingerprint density at radius 3 is 2.43 bits per heavy atom. The first kappa shape index (κ1) is 5.10. The van der Waals surface area contributed by atoms with E-state index in [1.165, 1.54) is 13.0 Å². The van der Waals surface area contributed by atoms with Gasteiger partial charge in [0.15, 0.2) is 0 Å². The van der Waals surface area contributed by atoms with Crippen molar-refractivity contribution in [3.8, 4) is 0 Å². The molecule has 1 fully saturated rings. The van der Waals surface area contributed by atoms with Gasteiger partial charge in [0.05, 0.1) is 0 Å². The molecule has 1 saturated carbocycles. The average molecular weight is 99.2 g/mol. The summed E-state index contributed by atoms with van der Waals surface area (Å²) in [7, 11) is 2.02. The van der Waals surface area contributed by atoms with Crippen molar-refractivity contribution >= 4 is 0 Å². The van der Waals surface area contributed by atoms with Gasteiger partial charge < -0.3 is 5.32 Å². The van der Waals surface area contributed by atoms with E-state index < -0.39 is 0 Å². The van der Waals surface area contributed by atoms with E-state index in [1.54, 1.807) is 0 Å². The molecule has 1 aliphatic rings. The fraction of sp³-hybridized carbons (Fsp3) is 1.00.